The molecule has 0 saturated carbocycles. The van der Waals surface area contributed by atoms with Crippen LogP contribution in [0.3, 0.4) is 0 Å². The minimum atomic E-state index is 1.02. The van der Waals surface area contributed by atoms with Crippen molar-refractivity contribution in [1.29, 1.82) is 0 Å². The first-order valence-electron chi connectivity index (χ1n) is 6.94. The summed E-state index contributed by atoms with van der Waals surface area (Å²) in [6.07, 6.45) is 1.89. The second-order valence-corrected chi connectivity index (χ2v) is 7.27. The van der Waals surface area contributed by atoms with Crippen molar-refractivity contribution in [3.05, 3.63) is 40.9 Å². The third-order valence-corrected chi connectivity index (χ3v) is 5.61. The fourth-order valence-corrected chi connectivity index (χ4v) is 4.47. The van der Waals surface area contributed by atoms with Gasteiger partial charge in [0.15, 0.2) is 5.16 Å². The van der Waals surface area contributed by atoms with E-state index in [4.69, 9.17) is 4.98 Å². The molecule has 4 rings (SSSR count). The van der Waals surface area contributed by atoms with Gasteiger partial charge in [0.1, 0.15) is 5.69 Å². The SMILES string of the molecule is Cc1ccnc(-c2c(-c3cc(C)cs3)nc3n2CCS3)c1. The standard InChI is InChI=1S/C16H15N3S2/c1-10-3-4-17-12(7-10)15-14(13-8-11(2)9-21-13)18-16-19(15)5-6-20-16/h3-4,7-9H,5-6H2,1-2H3. The lowest BCUT2D eigenvalue weighted by atomic mass is 10.1. The number of nitrogens with zero attached hydrogens (tertiary/aromatic N) is 3. The van der Waals surface area contributed by atoms with E-state index in [0.717, 1.165) is 28.8 Å². The van der Waals surface area contributed by atoms with Crippen LogP contribution in [-0.4, -0.2) is 20.3 Å². The molecule has 3 nitrogen and oxygen atoms in total. The zero-order valence-electron chi connectivity index (χ0n) is 12.0. The number of thioether (sulfide) groups is 1. The van der Waals surface area contributed by atoms with Crippen LogP contribution in [0.15, 0.2) is 34.9 Å². The van der Waals surface area contributed by atoms with Crippen LogP contribution in [0.4, 0.5) is 0 Å². The topological polar surface area (TPSA) is 30.7 Å². The van der Waals surface area contributed by atoms with E-state index in [-0.39, 0.29) is 0 Å². The van der Waals surface area contributed by atoms with Crippen LogP contribution in [0.5, 0.6) is 0 Å². The van der Waals surface area contributed by atoms with Crippen LogP contribution in [-0.2, 0) is 6.54 Å². The summed E-state index contributed by atoms with van der Waals surface area (Å²) in [5.74, 6) is 1.10. The van der Waals surface area contributed by atoms with Crippen LogP contribution >= 0.6 is 23.1 Å². The van der Waals surface area contributed by atoms with E-state index in [1.165, 1.54) is 21.7 Å². The van der Waals surface area contributed by atoms with Gasteiger partial charge in [-0.05, 0) is 48.6 Å². The number of rotatable bonds is 2. The van der Waals surface area contributed by atoms with Crippen LogP contribution < -0.4 is 0 Å². The van der Waals surface area contributed by atoms with Gasteiger partial charge in [-0.25, -0.2) is 4.98 Å². The quantitative estimate of drug-likeness (QED) is 0.703. The zero-order valence-corrected chi connectivity index (χ0v) is 13.6. The molecule has 21 heavy (non-hydrogen) atoms. The average molecular weight is 313 g/mol. The molecule has 0 N–H and O–H groups in total. The zero-order chi connectivity index (χ0) is 14.4. The van der Waals surface area contributed by atoms with E-state index in [1.54, 1.807) is 11.3 Å². The number of aromatic nitrogens is 3. The summed E-state index contributed by atoms with van der Waals surface area (Å²) in [6, 6.07) is 6.40. The Hall–Kier alpha value is -1.59. The Balaban J connectivity index is 1.96. The highest BCUT2D eigenvalue weighted by molar-refractivity contribution is 7.99. The van der Waals surface area contributed by atoms with E-state index in [2.05, 4.69) is 40.9 Å². The number of thiophene rings is 1. The number of hydrogen-bond acceptors (Lipinski definition) is 4. The molecule has 1 aliphatic rings. The van der Waals surface area contributed by atoms with Gasteiger partial charge in [-0.2, -0.15) is 0 Å². The monoisotopic (exact) mass is 313 g/mol. The molecule has 0 bridgehead atoms. The van der Waals surface area contributed by atoms with Crippen LogP contribution in [0.2, 0.25) is 0 Å². The molecule has 3 aromatic rings. The third kappa shape index (κ3) is 2.21. The summed E-state index contributed by atoms with van der Waals surface area (Å²) < 4.78 is 2.32. The molecule has 0 radical (unpaired) electrons. The minimum absolute atomic E-state index is 1.02. The van der Waals surface area contributed by atoms with Gasteiger partial charge in [0.2, 0.25) is 0 Å². The molecular weight excluding hydrogens is 298 g/mol. The minimum Gasteiger partial charge on any atom is -0.316 e. The van der Waals surface area contributed by atoms with Crippen molar-refractivity contribution in [3.63, 3.8) is 0 Å². The fraction of sp³-hybridized carbons (Fsp3) is 0.250. The predicted molar refractivity (Wildman–Crippen MR) is 89.0 cm³/mol. The molecule has 0 saturated heterocycles. The highest BCUT2D eigenvalue weighted by Gasteiger charge is 2.25. The van der Waals surface area contributed by atoms with Gasteiger partial charge in [0.05, 0.1) is 16.3 Å². The summed E-state index contributed by atoms with van der Waals surface area (Å²) in [6.45, 7) is 5.25. The number of imidazole rings is 1. The van der Waals surface area contributed by atoms with E-state index < -0.39 is 0 Å². The second-order valence-electron chi connectivity index (χ2n) is 5.30. The largest absolute Gasteiger partial charge is 0.316 e. The number of fused-ring (bicyclic) bond motifs is 1. The molecule has 0 amide bonds. The van der Waals surface area contributed by atoms with Gasteiger partial charge >= 0.3 is 0 Å². The molecule has 0 spiro atoms. The maximum Gasteiger partial charge on any atom is 0.169 e. The van der Waals surface area contributed by atoms with Crippen molar-refractivity contribution < 1.29 is 0 Å². The van der Waals surface area contributed by atoms with Gasteiger partial charge in [0, 0.05) is 18.5 Å². The van der Waals surface area contributed by atoms with Crippen molar-refractivity contribution >= 4 is 23.1 Å². The summed E-state index contributed by atoms with van der Waals surface area (Å²) in [5.41, 5.74) is 5.79. The maximum absolute atomic E-state index is 4.88. The number of hydrogen-bond donors (Lipinski definition) is 0. The molecule has 0 atom stereocenters. The number of aryl methyl sites for hydroxylation is 2. The van der Waals surface area contributed by atoms with Crippen molar-refractivity contribution in [1.82, 2.24) is 14.5 Å². The first-order chi connectivity index (χ1) is 10.2. The first kappa shape index (κ1) is 13.1. The Labute approximate surface area is 132 Å². The molecule has 1 aliphatic heterocycles. The molecule has 0 unspecified atom stereocenters. The van der Waals surface area contributed by atoms with Crippen LogP contribution in [0.25, 0.3) is 22.0 Å². The third-order valence-electron chi connectivity index (χ3n) is 3.60. The highest BCUT2D eigenvalue weighted by atomic mass is 32.2. The van der Waals surface area contributed by atoms with Crippen LogP contribution in [0, 0.1) is 13.8 Å². The molecule has 4 heterocycles. The number of pyridine rings is 1. The molecule has 5 heteroatoms. The first-order valence-corrected chi connectivity index (χ1v) is 8.81. The maximum atomic E-state index is 4.88. The predicted octanol–water partition coefficient (Wildman–Crippen LogP) is 4.40. The summed E-state index contributed by atoms with van der Waals surface area (Å²) in [5, 5.41) is 3.30. The fourth-order valence-electron chi connectivity index (χ4n) is 2.63. The van der Waals surface area contributed by atoms with Gasteiger partial charge in [-0.1, -0.05) is 11.8 Å². The van der Waals surface area contributed by atoms with Crippen molar-refractivity contribution in [2.75, 3.05) is 5.75 Å². The normalized spacial score (nSPS) is 13.6. The Bertz CT molecular complexity index is 817. The molecular formula is C16H15N3S2. The summed E-state index contributed by atoms with van der Waals surface area (Å²) in [4.78, 5) is 10.7. The lowest BCUT2D eigenvalue weighted by Gasteiger charge is -2.07. The van der Waals surface area contributed by atoms with Gasteiger partial charge in [0.25, 0.3) is 0 Å². The van der Waals surface area contributed by atoms with E-state index in [0.29, 0.717) is 0 Å². The Morgan fingerprint density at radius 3 is 2.86 bits per heavy atom. The highest BCUT2D eigenvalue weighted by Crippen LogP contribution is 2.40. The van der Waals surface area contributed by atoms with Crippen molar-refractivity contribution in [2.45, 2.75) is 25.5 Å². The van der Waals surface area contributed by atoms with E-state index >= 15 is 0 Å². The molecule has 106 valence electrons. The Morgan fingerprint density at radius 1 is 1.19 bits per heavy atom. The van der Waals surface area contributed by atoms with Gasteiger partial charge in [-0.15, -0.1) is 11.3 Å². The summed E-state index contributed by atoms with van der Waals surface area (Å²) >= 11 is 3.59. The Morgan fingerprint density at radius 2 is 2.10 bits per heavy atom. The second kappa shape index (κ2) is 5.00. The lowest BCUT2D eigenvalue weighted by Crippen LogP contribution is -1.99. The molecule has 0 aliphatic carbocycles. The van der Waals surface area contributed by atoms with E-state index in [9.17, 15) is 0 Å². The Kier molecular flexibility index (Phi) is 3.12. The molecule has 3 aromatic heterocycles. The van der Waals surface area contributed by atoms with Crippen molar-refractivity contribution in [2.24, 2.45) is 0 Å². The lowest BCUT2D eigenvalue weighted by molar-refractivity contribution is 0.724. The van der Waals surface area contributed by atoms with Crippen LogP contribution in [0.1, 0.15) is 11.1 Å². The molecule has 0 fully saturated rings. The van der Waals surface area contributed by atoms with Gasteiger partial charge < -0.3 is 4.57 Å². The summed E-state index contributed by atoms with van der Waals surface area (Å²) in [7, 11) is 0. The van der Waals surface area contributed by atoms with E-state index in [1.807, 2.05) is 24.0 Å². The van der Waals surface area contributed by atoms with Gasteiger partial charge in [-0.3, -0.25) is 4.98 Å². The average Bonchev–Trinajstić information content (AvgIpc) is 3.12. The van der Waals surface area contributed by atoms with Crippen molar-refractivity contribution in [3.8, 4) is 22.0 Å². The smallest absolute Gasteiger partial charge is 0.169 e. The molecule has 0 aromatic carbocycles.